The van der Waals surface area contributed by atoms with Gasteiger partial charge >= 0.3 is 0 Å². The van der Waals surface area contributed by atoms with E-state index in [0.717, 1.165) is 16.9 Å². The average Bonchev–Trinajstić information content (AvgIpc) is 3.07. The lowest BCUT2D eigenvalue weighted by Crippen LogP contribution is -2.11. The average molecular weight is 393 g/mol. The van der Waals surface area contributed by atoms with Crippen molar-refractivity contribution in [2.24, 2.45) is 0 Å². The molecule has 0 aliphatic carbocycles. The van der Waals surface area contributed by atoms with Crippen LogP contribution in [0.5, 0.6) is 5.75 Å². The van der Waals surface area contributed by atoms with E-state index in [1.807, 2.05) is 30.3 Å². The van der Waals surface area contributed by atoms with Crippen LogP contribution in [0.1, 0.15) is 20.9 Å². The Balaban J connectivity index is 1.65. The van der Waals surface area contributed by atoms with Crippen LogP contribution in [-0.2, 0) is 4.79 Å². The number of rotatable bonds is 6. The van der Waals surface area contributed by atoms with Crippen LogP contribution in [0, 0.1) is 6.92 Å². The second kappa shape index (κ2) is 8.96. The number of ether oxygens (including phenoxy) is 1. The molecule has 0 aliphatic rings. The third-order valence-electron chi connectivity index (χ3n) is 3.79. The minimum Gasteiger partial charge on any atom is -0.497 e. The zero-order valence-corrected chi connectivity index (χ0v) is 16.2. The standard InChI is InChI=1S/C21H19N3O3S/c1-14-19(20(26)23-16-9-6-10-17(13-16)27-2)28-21(22-14)24-18(25)12-11-15-7-4-3-5-8-15/h3-13H,1-2H3,(H,23,26)(H,22,24,25)/b12-11+. The molecule has 0 unspecified atom stereocenters. The number of carbonyl (C=O) groups is 2. The minimum atomic E-state index is -0.308. The number of hydrogen-bond donors (Lipinski definition) is 2. The Labute approximate surface area is 166 Å². The summed E-state index contributed by atoms with van der Waals surface area (Å²) in [5.41, 5.74) is 2.09. The van der Waals surface area contributed by atoms with Gasteiger partial charge in [0.25, 0.3) is 5.91 Å². The van der Waals surface area contributed by atoms with Gasteiger partial charge in [0.2, 0.25) is 5.91 Å². The number of amides is 2. The molecule has 0 aliphatic heterocycles. The highest BCUT2D eigenvalue weighted by molar-refractivity contribution is 7.17. The molecule has 28 heavy (non-hydrogen) atoms. The molecular weight excluding hydrogens is 374 g/mol. The van der Waals surface area contributed by atoms with Gasteiger partial charge in [-0.15, -0.1) is 0 Å². The first-order valence-electron chi connectivity index (χ1n) is 8.52. The van der Waals surface area contributed by atoms with Gasteiger partial charge in [-0.1, -0.05) is 47.7 Å². The summed E-state index contributed by atoms with van der Waals surface area (Å²) in [6.07, 6.45) is 3.15. The quantitative estimate of drug-likeness (QED) is 0.610. The predicted molar refractivity (Wildman–Crippen MR) is 112 cm³/mol. The number of benzene rings is 2. The van der Waals surface area contributed by atoms with Crippen LogP contribution in [0.3, 0.4) is 0 Å². The molecule has 1 heterocycles. The van der Waals surface area contributed by atoms with E-state index >= 15 is 0 Å². The zero-order valence-electron chi connectivity index (χ0n) is 15.4. The highest BCUT2D eigenvalue weighted by atomic mass is 32.1. The molecule has 0 atom stereocenters. The molecular formula is C21H19N3O3S. The maximum atomic E-state index is 12.5. The number of hydrogen-bond acceptors (Lipinski definition) is 5. The molecule has 3 rings (SSSR count). The van der Waals surface area contributed by atoms with E-state index in [1.165, 1.54) is 6.08 Å². The van der Waals surface area contributed by atoms with Crippen LogP contribution < -0.4 is 15.4 Å². The first-order chi connectivity index (χ1) is 13.5. The van der Waals surface area contributed by atoms with Crippen LogP contribution in [-0.4, -0.2) is 23.9 Å². The highest BCUT2D eigenvalue weighted by Gasteiger charge is 2.16. The lowest BCUT2D eigenvalue weighted by molar-refractivity contribution is -0.111. The van der Waals surface area contributed by atoms with Gasteiger partial charge in [-0.3, -0.25) is 14.9 Å². The van der Waals surface area contributed by atoms with Gasteiger partial charge in [0, 0.05) is 17.8 Å². The van der Waals surface area contributed by atoms with Crippen molar-refractivity contribution in [3.05, 3.63) is 76.8 Å². The Hall–Kier alpha value is -3.45. The van der Waals surface area contributed by atoms with Crippen LogP contribution in [0.4, 0.5) is 10.8 Å². The Morgan fingerprint density at radius 2 is 1.86 bits per heavy atom. The molecule has 3 aromatic rings. The fraction of sp³-hybridized carbons (Fsp3) is 0.0952. The number of anilines is 2. The van der Waals surface area contributed by atoms with Crippen molar-refractivity contribution in [3.8, 4) is 5.75 Å². The molecule has 0 saturated heterocycles. The molecule has 6 nitrogen and oxygen atoms in total. The first kappa shape index (κ1) is 19.3. The Morgan fingerprint density at radius 3 is 2.61 bits per heavy atom. The minimum absolute atomic E-state index is 0.288. The fourth-order valence-corrected chi connectivity index (χ4v) is 3.30. The Morgan fingerprint density at radius 1 is 1.07 bits per heavy atom. The smallest absolute Gasteiger partial charge is 0.267 e. The molecule has 0 bridgehead atoms. The van der Waals surface area contributed by atoms with E-state index in [4.69, 9.17) is 4.74 Å². The summed E-state index contributed by atoms with van der Waals surface area (Å²) in [6.45, 7) is 1.73. The molecule has 7 heteroatoms. The van der Waals surface area contributed by atoms with Gasteiger partial charge in [-0.25, -0.2) is 4.98 Å². The van der Waals surface area contributed by atoms with Gasteiger partial charge in [0.15, 0.2) is 5.13 Å². The molecule has 0 saturated carbocycles. The van der Waals surface area contributed by atoms with Crippen molar-refractivity contribution in [1.82, 2.24) is 4.98 Å². The maximum absolute atomic E-state index is 12.5. The summed E-state index contributed by atoms with van der Waals surface area (Å²) in [7, 11) is 1.56. The van der Waals surface area contributed by atoms with E-state index in [0.29, 0.717) is 27.1 Å². The van der Waals surface area contributed by atoms with Gasteiger partial charge in [0.05, 0.1) is 12.8 Å². The molecule has 0 radical (unpaired) electrons. The van der Waals surface area contributed by atoms with Gasteiger partial charge in [-0.05, 0) is 30.7 Å². The van der Waals surface area contributed by atoms with Crippen molar-refractivity contribution in [3.63, 3.8) is 0 Å². The highest BCUT2D eigenvalue weighted by Crippen LogP contribution is 2.24. The lowest BCUT2D eigenvalue weighted by atomic mass is 10.2. The van der Waals surface area contributed by atoms with Gasteiger partial charge < -0.3 is 10.1 Å². The van der Waals surface area contributed by atoms with Crippen LogP contribution >= 0.6 is 11.3 Å². The van der Waals surface area contributed by atoms with Gasteiger partial charge in [-0.2, -0.15) is 0 Å². The van der Waals surface area contributed by atoms with Crippen molar-refractivity contribution in [2.45, 2.75) is 6.92 Å². The van der Waals surface area contributed by atoms with E-state index in [1.54, 1.807) is 44.4 Å². The first-order valence-corrected chi connectivity index (χ1v) is 9.34. The second-order valence-electron chi connectivity index (χ2n) is 5.85. The summed E-state index contributed by atoms with van der Waals surface area (Å²) in [5.74, 6) is 0.0536. The summed E-state index contributed by atoms with van der Waals surface area (Å²) in [4.78, 5) is 29.3. The normalized spacial score (nSPS) is 10.6. The summed E-state index contributed by atoms with van der Waals surface area (Å²) in [6, 6.07) is 16.6. The Kier molecular flexibility index (Phi) is 6.18. The third-order valence-corrected chi connectivity index (χ3v) is 4.86. The topological polar surface area (TPSA) is 80.3 Å². The molecule has 0 spiro atoms. The van der Waals surface area contributed by atoms with Crippen molar-refractivity contribution in [1.29, 1.82) is 0 Å². The van der Waals surface area contributed by atoms with Crippen LogP contribution in [0.2, 0.25) is 0 Å². The number of aromatic nitrogens is 1. The number of nitrogens with zero attached hydrogens (tertiary/aromatic N) is 1. The van der Waals surface area contributed by atoms with E-state index in [-0.39, 0.29) is 11.8 Å². The summed E-state index contributed by atoms with van der Waals surface area (Å²) in [5, 5.41) is 5.88. The SMILES string of the molecule is COc1cccc(NC(=O)c2sc(NC(=O)/C=C/c3ccccc3)nc2C)c1. The van der Waals surface area contributed by atoms with Crippen molar-refractivity contribution < 1.29 is 14.3 Å². The zero-order chi connectivity index (χ0) is 19.9. The summed E-state index contributed by atoms with van der Waals surface area (Å²) < 4.78 is 5.15. The molecule has 0 fully saturated rings. The number of nitrogens with one attached hydrogen (secondary N) is 2. The summed E-state index contributed by atoms with van der Waals surface area (Å²) >= 11 is 1.13. The van der Waals surface area contributed by atoms with E-state index in [2.05, 4.69) is 15.6 Å². The lowest BCUT2D eigenvalue weighted by Gasteiger charge is -2.06. The van der Waals surface area contributed by atoms with E-state index in [9.17, 15) is 9.59 Å². The molecule has 2 amide bonds. The van der Waals surface area contributed by atoms with Crippen molar-refractivity contribution in [2.75, 3.05) is 17.7 Å². The van der Waals surface area contributed by atoms with E-state index < -0.39 is 0 Å². The van der Waals surface area contributed by atoms with Crippen LogP contribution in [0.15, 0.2) is 60.7 Å². The monoisotopic (exact) mass is 393 g/mol. The predicted octanol–water partition coefficient (Wildman–Crippen LogP) is 4.36. The largest absolute Gasteiger partial charge is 0.497 e. The molecule has 2 aromatic carbocycles. The maximum Gasteiger partial charge on any atom is 0.267 e. The van der Waals surface area contributed by atoms with Crippen LogP contribution in [0.25, 0.3) is 6.08 Å². The van der Waals surface area contributed by atoms with Gasteiger partial charge in [0.1, 0.15) is 10.6 Å². The number of carbonyl (C=O) groups excluding carboxylic acids is 2. The molecule has 2 N–H and O–H groups in total. The number of aryl methyl sites for hydroxylation is 1. The molecule has 1 aromatic heterocycles. The fourth-order valence-electron chi connectivity index (χ4n) is 2.43. The number of thiazole rings is 1. The third kappa shape index (κ3) is 5.05. The number of methoxy groups -OCH3 is 1. The van der Waals surface area contributed by atoms with Crippen molar-refractivity contribution >= 4 is 40.0 Å². The molecule has 142 valence electrons. The second-order valence-corrected chi connectivity index (χ2v) is 6.85. The Bertz CT molecular complexity index is 1010.